The highest BCUT2D eigenvalue weighted by Crippen LogP contribution is 2.10. The minimum absolute atomic E-state index is 0.615. The summed E-state index contributed by atoms with van der Waals surface area (Å²) in [4.78, 5) is 10.7. The number of fused-ring (bicyclic) bond motifs is 1. The monoisotopic (exact) mass is 275 g/mol. The molecule has 2 aromatic heterocycles. The molecular weight excluding hydrogens is 258 g/mol. The topological polar surface area (TPSA) is 58.9 Å². The number of hydrogen-bond donors (Lipinski definition) is 1. The van der Waals surface area contributed by atoms with Crippen LogP contribution in [0.4, 0.5) is 0 Å². The van der Waals surface area contributed by atoms with E-state index in [0.717, 1.165) is 35.7 Å². The number of nitrogens with two attached hydrogens (primary N) is 1. The minimum Gasteiger partial charge on any atom is -0.370 e. The molecule has 2 N–H and O–H groups in total. The second kappa shape index (κ2) is 5.52. The molecule has 0 aliphatic carbocycles. The molecule has 0 aromatic carbocycles. The molecule has 6 heteroatoms. The van der Waals surface area contributed by atoms with E-state index >= 15 is 0 Å². The Morgan fingerprint density at radius 1 is 1.37 bits per heavy atom. The van der Waals surface area contributed by atoms with Gasteiger partial charge in [-0.3, -0.25) is 0 Å². The predicted octanol–water partition coefficient (Wildman–Crippen LogP) is 1.20. The van der Waals surface area contributed by atoms with Crippen LogP contribution < -0.4 is 5.73 Å². The molecule has 0 atom stereocenters. The zero-order valence-corrected chi connectivity index (χ0v) is 11.5. The molecule has 3 heterocycles. The van der Waals surface area contributed by atoms with E-state index in [0.29, 0.717) is 12.5 Å². The van der Waals surface area contributed by atoms with Gasteiger partial charge in [-0.25, -0.2) is 9.98 Å². The maximum atomic E-state index is 6.04. The molecule has 0 unspecified atom stereocenters. The Hall–Kier alpha value is -1.69. The average Bonchev–Trinajstić information content (AvgIpc) is 2.93. The molecule has 0 saturated carbocycles. The summed E-state index contributed by atoms with van der Waals surface area (Å²) in [6, 6.07) is 4.12. The van der Waals surface area contributed by atoms with Gasteiger partial charge >= 0.3 is 0 Å². The summed E-state index contributed by atoms with van der Waals surface area (Å²) < 4.78 is 2.00. The molecule has 1 saturated heterocycles. The van der Waals surface area contributed by atoms with Crippen molar-refractivity contribution in [3.05, 3.63) is 36.4 Å². The number of aromatic nitrogens is 2. The molecule has 0 bridgehead atoms. The van der Waals surface area contributed by atoms with Gasteiger partial charge in [-0.2, -0.15) is 11.8 Å². The van der Waals surface area contributed by atoms with Crippen LogP contribution in [0.15, 0.2) is 35.8 Å². The standard InChI is InChI=1S/C13H17N5S/c14-13(17-3-5-19-6-4-17)16-7-11-1-2-12-8-15-10-18(12)9-11/h1-2,8-10H,3-7H2,(H2,14,16). The second-order valence-corrected chi connectivity index (χ2v) is 5.76. The van der Waals surface area contributed by atoms with Crippen molar-refractivity contribution >= 4 is 23.2 Å². The Bertz CT molecular complexity index is 585. The second-order valence-electron chi connectivity index (χ2n) is 4.54. The first-order valence-electron chi connectivity index (χ1n) is 6.36. The highest BCUT2D eigenvalue weighted by atomic mass is 32.2. The molecule has 0 spiro atoms. The summed E-state index contributed by atoms with van der Waals surface area (Å²) in [6.07, 6.45) is 5.69. The molecule has 100 valence electrons. The largest absolute Gasteiger partial charge is 0.370 e. The summed E-state index contributed by atoms with van der Waals surface area (Å²) in [5, 5.41) is 0. The zero-order valence-electron chi connectivity index (χ0n) is 10.7. The van der Waals surface area contributed by atoms with Crippen LogP contribution in [0.25, 0.3) is 5.52 Å². The Balaban J connectivity index is 1.69. The molecular formula is C13H17N5S. The van der Waals surface area contributed by atoms with Crippen molar-refractivity contribution < 1.29 is 0 Å². The lowest BCUT2D eigenvalue weighted by atomic mass is 10.3. The van der Waals surface area contributed by atoms with Crippen LogP contribution in [0, 0.1) is 0 Å². The van der Waals surface area contributed by atoms with Crippen molar-refractivity contribution in [2.75, 3.05) is 24.6 Å². The van der Waals surface area contributed by atoms with Crippen LogP contribution in [0.2, 0.25) is 0 Å². The molecule has 1 aliphatic rings. The highest BCUT2D eigenvalue weighted by molar-refractivity contribution is 7.99. The summed E-state index contributed by atoms with van der Waals surface area (Å²) in [7, 11) is 0. The lowest BCUT2D eigenvalue weighted by molar-refractivity contribution is 0.455. The Morgan fingerprint density at radius 3 is 3.05 bits per heavy atom. The lowest BCUT2D eigenvalue weighted by Crippen LogP contribution is -2.42. The van der Waals surface area contributed by atoms with Gasteiger partial charge in [-0.05, 0) is 11.6 Å². The number of thioether (sulfide) groups is 1. The molecule has 2 aromatic rings. The van der Waals surface area contributed by atoms with Crippen LogP contribution in [0.5, 0.6) is 0 Å². The Kier molecular flexibility index (Phi) is 3.59. The summed E-state index contributed by atoms with van der Waals surface area (Å²) >= 11 is 1.97. The van der Waals surface area contributed by atoms with Crippen molar-refractivity contribution in [1.82, 2.24) is 14.3 Å². The first kappa shape index (κ1) is 12.3. The van der Waals surface area contributed by atoms with Crippen molar-refractivity contribution in [2.45, 2.75) is 6.54 Å². The fraction of sp³-hybridized carbons (Fsp3) is 0.385. The fourth-order valence-corrected chi connectivity index (χ4v) is 3.03. The van der Waals surface area contributed by atoms with Crippen molar-refractivity contribution in [3.63, 3.8) is 0 Å². The van der Waals surface area contributed by atoms with E-state index < -0.39 is 0 Å². The van der Waals surface area contributed by atoms with Gasteiger partial charge in [0.15, 0.2) is 5.96 Å². The summed E-state index contributed by atoms with van der Waals surface area (Å²) in [5.74, 6) is 2.93. The fourth-order valence-electron chi connectivity index (χ4n) is 2.12. The molecule has 0 radical (unpaired) electrons. The number of aliphatic imine (C=N–C) groups is 1. The van der Waals surface area contributed by atoms with Crippen molar-refractivity contribution in [3.8, 4) is 0 Å². The van der Waals surface area contributed by atoms with Gasteiger partial charge in [0.05, 0.1) is 24.6 Å². The number of guanidine groups is 1. The lowest BCUT2D eigenvalue weighted by Gasteiger charge is -2.27. The number of hydrogen-bond acceptors (Lipinski definition) is 3. The normalized spacial score (nSPS) is 17.1. The van der Waals surface area contributed by atoms with Gasteiger partial charge in [-0.1, -0.05) is 6.07 Å². The van der Waals surface area contributed by atoms with E-state index in [2.05, 4.69) is 20.9 Å². The van der Waals surface area contributed by atoms with Crippen molar-refractivity contribution in [1.29, 1.82) is 0 Å². The average molecular weight is 275 g/mol. The van der Waals surface area contributed by atoms with E-state index in [1.807, 2.05) is 34.6 Å². The van der Waals surface area contributed by atoms with Gasteiger partial charge in [-0.15, -0.1) is 0 Å². The molecule has 1 fully saturated rings. The predicted molar refractivity (Wildman–Crippen MR) is 79.4 cm³/mol. The van der Waals surface area contributed by atoms with Gasteiger partial charge in [0, 0.05) is 30.8 Å². The first-order valence-corrected chi connectivity index (χ1v) is 7.51. The molecule has 19 heavy (non-hydrogen) atoms. The van der Waals surface area contributed by atoms with E-state index in [1.165, 1.54) is 0 Å². The third-order valence-electron chi connectivity index (χ3n) is 3.23. The number of imidazole rings is 1. The van der Waals surface area contributed by atoms with E-state index in [-0.39, 0.29) is 0 Å². The highest BCUT2D eigenvalue weighted by Gasteiger charge is 2.11. The third kappa shape index (κ3) is 2.84. The van der Waals surface area contributed by atoms with Gasteiger partial charge in [0.2, 0.25) is 0 Å². The van der Waals surface area contributed by atoms with E-state index in [1.54, 1.807) is 6.33 Å². The Morgan fingerprint density at radius 2 is 2.21 bits per heavy atom. The third-order valence-corrected chi connectivity index (χ3v) is 4.17. The zero-order chi connectivity index (χ0) is 13.1. The minimum atomic E-state index is 0.615. The van der Waals surface area contributed by atoms with Crippen LogP contribution in [-0.4, -0.2) is 44.8 Å². The van der Waals surface area contributed by atoms with Gasteiger partial charge in [0.25, 0.3) is 0 Å². The van der Waals surface area contributed by atoms with Crippen LogP contribution in [0.3, 0.4) is 0 Å². The van der Waals surface area contributed by atoms with Gasteiger partial charge < -0.3 is 15.0 Å². The van der Waals surface area contributed by atoms with Crippen LogP contribution >= 0.6 is 11.8 Å². The first-order chi connectivity index (χ1) is 9.33. The molecule has 3 rings (SSSR count). The number of nitrogens with zero attached hydrogens (tertiary/aromatic N) is 4. The van der Waals surface area contributed by atoms with Crippen LogP contribution in [0.1, 0.15) is 5.56 Å². The maximum absolute atomic E-state index is 6.04. The number of pyridine rings is 1. The summed E-state index contributed by atoms with van der Waals surface area (Å²) in [5.41, 5.74) is 8.27. The van der Waals surface area contributed by atoms with Crippen LogP contribution in [-0.2, 0) is 6.54 Å². The molecule has 1 aliphatic heterocycles. The van der Waals surface area contributed by atoms with Gasteiger partial charge in [0.1, 0.15) is 0 Å². The smallest absolute Gasteiger partial charge is 0.191 e. The molecule has 5 nitrogen and oxygen atoms in total. The molecule has 0 amide bonds. The quantitative estimate of drug-likeness (QED) is 0.661. The van der Waals surface area contributed by atoms with Crippen molar-refractivity contribution in [2.24, 2.45) is 10.7 Å². The summed E-state index contributed by atoms with van der Waals surface area (Å²) in [6.45, 7) is 2.62. The maximum Gasteiger partial charge on any atom is 0.191 e. The number of rotatable bonds is 2. The van der Waals surface area contributed by atoms with E-state index in [9.17, 15) is 0 Å². The SMILES string of the molecule is NC(=NCc1ccc2cncn2c1)N1CCSCC1. The van der Waals surface area contributed by atoms with E-state index in [4.69, 9.17) is 5.73 Å². The Labute approximate surface area is 116 Å².